The second-order valence-electron chi connectivity index (χ2n) is 6.23. The number of aromatic nitrogens is 2. The van der Waals surface area contributed by atoms with Gasteiger partial charge in [0, 0.05) is 12.4 Å². The van der Waals surface area contributed by atoms with E-state index in [0.717, 1.165) is 0 Å². The number of phenols is 1. The van der Waals surface area contributed by atoms with Crippen LogP contribution in [0.2, 0.25) is 6.32 Å². The van der Waals surface area contributed by atoms with E-state index in [9.17, 15) is 24.5 Å². The van der Waals surface area contributed by atoms with Gasteiger partial charge in [-0.2, -0.15) is 0 Å². The Kier molecular flexibility index (Phi) is 5.53. The van der Waals surface area contributed by atoms with Crippen molar-refractivity contribution < 1.29 is 29.2 Å². The maximum absolute atomic E-state index is 12.1. The molecule has 1 aromatic carbocycles. The molecule has 0 saturated carbocycles. The van der Waals surface area contributed by atoms with Gasteiger partial charge in [0.15, 0.2) is 0 Å². The first-order valence-corrected chi connectivity index (χ1v) is 8.41. The Morgan fingerprint density at radius 3 is 2.74 bits per heavy atom. The summed E-state index contributed by atoms with van der Waals surface area (Å²) in [6, 6.07) is 3.01. The summed E-state index contributed by atoms with van der Waals surface area (Å²) in [7, 11) is 0.702. The first-order chi connectivity index (χ1) is 13.0. The van der Waals surface area contributed by atoms with Gasteiger partial charge in [-0.3, -0.25) is 0 Å². The molecule has 27 heavy (non-hydrogen) atoms. The molecule has 0 spiro atoms. The Bertz CT molecular complexity index is 849. The first-order valence-electron chi connectivity index (χ1n) is 8.41. The van der Waals surface area contributed by atoms with Gasteiger partial charge in [-0.25, -0.2) is 4.98 Å². The maximum atomic E-state index is 12.1. The molecule has 9 nitrogen and oxygen atoms in total. The van der Waals surface area contributed by atoms with E-state index >= 15 is 0 Å². The number of amides is 1. The van der Waals surface area contributed by atoms with Crippen LogP contribution in [0, 0.1) is 0 Å². The van der Waals surface area contributed by atoms with Crippen molar-refractivity contribution >= 4 is 19.0 Å². The third kappa shape index (κ3) is 4.16. The van der Waals surface area contributed by atoms with Gasteiger partial charge < -0.3 is 4.57 Å². The zero-order valence-electron chi connectivity index (χ0n) is 14.4. The number of carbonyl (C=O) groups excluding carboxylic acids is 1. The van der Waals surface area contributed by atoms with Gasteiger partial charge in [-0.05, 0) is 0 Å². The second-order valence-corrected chi connectivity index (χ2v) is 6.23. The molecule has 1 saturated heterocycles. The average Bonchev–Trinajstić information content (AvgIpc) is 3.09. The number of ether oxygens (including phenoxy) is 1. The van der Waals surface area contributed by atoms with Crippen LogP contribution in [-0.4, -0.2) is 62.9 Å². The van der Waals surface area contributed by atoms with Crippen LogP contribution in [0.4, 0.5) is 0 Å². The molecule has 10 heteroatoms. The SMILES string of the molecule is O=BCCc1ccc(OC2CN(C(=O)Cn3ccnc3)C2)c(C(=O)O)c1O. The zero-order chi connectivity index (χ0) is 19.4. The molecule has 2 aromatic rings. The number of likely N-dealkylation sites (tertiary alicyclic amines) is 1. The number of carboxylic acid groups (broad SMARTS) is 1. The van der Waals surface area contributed by atoms with E-state index in [2.05, 4.69) is 4.98 Å². The summed E-state index contributed by atoms with van der Waals surface area (Å²) in [6.07, 6.45) is 4.92. The van der Waals surface area contributed by atoms with Gasteiger partial charge in [-0.1, -0.05) is 0 Å². The van der Waals surface area contributed by atoms with E-state index in [4.69, 9.17) is 4.74 Å². The van der Waals surface area contributed by atoms with Crippen LogP contribution in [0.1, 0.15) is 15.9 Å². The molecular weight excluding hydrogens is 353 g/mol. The van der Waals surface area contributed by atoms with E-state index in [0.29, 0.717) is 25.8 Å². The van der Waals surface area contributed by atoms with Gasteiger partial charge >= 0.3 is 126 Å². The molecule has 140 valence electrons. The number of nitrogens with zero attached hydrogens (tertiary/aromatic N) is 3. The Labute approximate surface area is 155 Å². The molecule has 2 N–H and O–H groups in total. The van der Waals surface area contributed by atoms with Crippen molar-refractivity contribution in [3.05, 3.63) is 42.0 Å². The standard InChI is InChI=1S/C17H18BN3O6/c22-14(9-20-6-5-19-10-20)21-7-12(8-21)27-13-2-1-11(3-4-18-26)16(23)15(13)17(24)25/h1-2,5-6,10,12,23H,3-4,7-9H2,(H,24,25). The Hall–Kier alpha value is -3.17. The van der Waals surface area contributed by atoms with E-state index in [-0.39, 0.29) is 42.6 Å². The van der Waals surface area contributed by atoms with Crippen molar-refractivity contribution in [1.82, 2.24) is 14.5 Å². The number of imidazole rings is 1. The Balaban J connectivity index is 1.63. The predicted molar refractivity (Wildman–Crippen MR) is 93.2 cm³/mol. The third-order valence-corrected chi connectivity index (χ3v) is 4.34. The van der Waals surface area contributed by atoms with Crippen molar-refractivity contribution in [2.24, 2.45) is 0 Å². The van der Waals surface area contributed by atoms with E-state index in [1.807, 2.05) is 0 Å². The normalized spacial score (nSPS) is 13.7. The van der Waals surface area contributed by atoms with Gasteiger partial charge in [0.05, 0.1) is 6.33 Å². The fourth-order valence-corrected chi connectivity index (χ4v) is 2.87. The van der Waals surface area contributed by atoms with Crippen LogP contribution in [-0.2, 0) is 22.5 Å². The number of aryl methyl sites for hydroxylation is 1. The predicted octanol–water partition coefficient (Wildman–Crippen LogP) is 0.587. The van der Waals surface area contributed by atoms with Crippen molar-refractivity contribution in [2.45, 2.75) is 25.4 Å². The average molecular weight is 371 g/mol. The summed E-state index contributed by atoms with van der Waals surface area (Å²) in [6.45, 7) is 0.847. The Morgan fingerprint density at radius 2 is 2.11 bits per heavy atom. The van der Waals surface area contributed by atoms with Crippen molar-refractivity contribution in [1.29, 1.82) is 0 Å². The summed E-state index contributed by atoms with van der Waals surface area (Å²) in [5.74, 6) is -1.75. The second kappa shape index (κ2) is 8.02. The molecule has 1 fully saturated rings. The topological polar surface area (TPSA) is 122 Å². The molecule has 0 bridgehead atoms. The summed E-state index contributed by atoms with van der Waals surface area (Å²) in [5, 5.41) is 19.6. The fraction of sp³-hybridized carbons (Fsp3) is 0.353. The number of carboxylic acids is 1. The third-order valence-electron chi connectivity index (χ3n) is 4.34. The summed E-state index contributed by atoms with van der Waals surface area (Å²) < 4.78 is 17.8. The molecule has 0 aliphatic carbocycles. The fourth-order valence-electron chi connectivity index (χ4n) is 2.87. The molecule has 1 aromatic heterocycles. The first kappa shape index (κ1) is 18.6. The molecule has 0 radical (unpaired) electrons. The summed E-state index contributed by atoms with van der Waals surface area (Å²) in [4.78, 5) is 29.1. The molecule has 2 heterocycles. The van der Waals surface area contributed by atoms with E-state index < -0.39 is 11.7 Å². The van der Waals surface area contributed by atoms with Crippen LogP contribution in [0.3, 0.4) is 0 Å². The molecule has 3 rings (SSSR count). The van der Waals surface area contributed by atoms with Crippen molar-refractivity contribution in [3.8, 4) is 11.5 Å². The van der Waals surface area contributed by atoms with Crippen LogP contribution in [0.15, 0.2) is 30.9 Å². The number of hydrogen-bond donors (Lipinski definition) is 2. The van der Waals surface area contributed by atoms with Gasteiger partial charge in [0.1, 0.15) is 0 Å². The number of rotatable bonds is 8. The molecule has 1 amide bonds. The summed E-state index contributed by atoms with van der Waals surface area (Å²) >= 11 is 0. The molecule has 1 aliphatic rings. The van der Waals surface area contributed by atoms with Crippen molar-refractivity contribution in [2.75, 3.05) is 13.1 Å². The van der Waals surface area contributed by atoms with Gasteiger partial charge in [-0.15, -0.1) is 0 Å². The van der Waals surface area contributed by atoms with Crippen molar-refractivity contribution in [3.63, 3.8) is 0 Å². The van der Waals surface area contributed by atoms with Crippen LogP contribution in [0.5, 0.6) is 11.5 Å². The van der Waals surface area contributed by atoms with Crippen LogP contribution in [0.25, 0.3) is 0 Å². The van der Waals surface area contributed by atoms with Crippen LogP contribution >= 0.6 is 0 Å². The van der Waals surface area contributed by atoms with Gasteiger partial charge in [0.25, 0.3) is 0 Å². The van der Waals surface area contributed by atoms with Crippen LogP contribution < -0.4 is 4.74 Å². The Morgan fingerprint density at radius 1 is 1.33 bits per heavy atom. The number of aromatic carboxylic acids is 1. The number of benzene rings is 1. The quantitative estimate of drug-likeness (QED) is 0.651. The van der Waals surface area contributed by atoms with E-state index in [1.54, 1.807) is 34.3 Å². The minimum atomic E-state index is -1.32. The molecule has 0 atom stereocenters. The molecular formula is C17H18BN3O6. The molecule has 0 unspecified atom stereocenters. The zero-order valence-corrected chi connectivity index (χ0v) is 14.4. The summed E-state index contributed by atoms with van der Waals surface area (Å²) in [5.41, 5.74) is 0.0409. The minimum absolute atomic E-state index is 0.0431. The number of aromatic hydroxyl groups is 1. The number of hydrogen-bond acceptors (Lipinski definition) is 6. The molecule has 1 aliphatic heterocycles. The van der Waals surface area contributed by atoms with E-state index in [1.165, 1.54) is 6.07 Å². The van der Waals surface area contributed by atoms with Gasteiger partial charge in [0.2, 0.25) is 0 Å². The number of carbonyl (C=O) groups is 2. The monoisotopic (exact) mass is 371 g/mol.